The number of ether oxygens (including phenoxy) is 1. The molecule has 1 amide bonds. The maximum absolute atomic E-state index is 12.3. The van der Waals surface area contributed by atoms with E-state index in [9.17, 15) is 4.79 Å². The van der Waals surface area contributed by atoms with Crippen molar-refractivity contribution in [2.45, 2.75) is 70.9 Å². The van der Waals surface area contributed by atoms with E-state index in [-0.39, 0.29) is 12.1 Å². The number of carbonyl (C=O) groups is 1. The maximum Gasteiger partial charge on any atom is 0.410 e. The van der Waals surface area contributed by atoms with Gasteiger partial charge in [0, 0.05) is 19.6 Å². The number of aliphatic imine (C=N–C) groups is 1. The van der Waals surface area contributed by atoms with Crippen LogP contribution < -0.4 is 5.32 Å². The molecule has 0 aromatic rings. The normalized spacial score (nSPS) is 17.5. The lowest BCUT2D eigenvalue weighted by Crippen LogP contribution is -2.46. The topological polar surface area (TPSA) is 77.7 Å². The summed E-state index contributed by atoms with van der Waals surface area (Å²) < 4.78 is 5.44. The molecule has 142 valence electrons. The first-order valence-electron chi connectivity index (χ1n) is 8.96. The van der Waals surface area contributed by atoms with Gasteiger partial charge in [-0.25, -0.2) is 4.79 Å². The number of nitrogens with zero attached hydrogens (tertiary/aromatic N) is 3. The largest absolute Gasteiger partial charge is 0.444 e. The fraction of sp³-hybridized carbons (Fsp3) is 0.833. The Labute approximate surface area is 156 Å². The summed E-state index contributed by atoms with van der Waals surface area (Å²) in [6.45, 7) is 6.11. The number of rotatable bonds is 5. The maximum atomic E-state index is 12.3. The van der Waals surface area contributed by atoms with Crippen LogP contribution in [-0.4, -0.2) is 47.7 Å². The molecule has 6 nitrogen and oxygen atoms in total. The van der Waals surface area contributed by atoms with Gasteiger partial charge in [-0.2, -0.15) is 5.26 Å². The molecule has 0 spiro atoms. The lowest BCUT2D eigenvalue weighted by atomic mass is 9.85. The highest BCUT2D eigenvalue weighted by Gasteiger charge is 2.25. The summed E-state index contributed by atoms with van der Waals surface area (Å²) >= 11 is 1.41. The number of nitriles is 1. The lowest BCUT2D eigenvalue weighted by Gasteiger charge is -2.31. The third kappa shape index (κ3) is 9.01. The Morgan fingerprint density at radius 2 is 2.04 bits per heavy atom. The zero-order valence-corrected chi connectivity index (χ0v) is 17.0. The van der Waals surface area contributed by atoms with E-state index in [1.807, 2.05) is 33.2 Å². The fourth-order valence-electron chi connectivity index (χ4n) is 3.11. The molecule has 0 heterocycles. The summed E-state index contributed by atoms with van der Waals surface area (Å²) in [5.41, 5.74) is -0.510. The van der Waals surface area contributed by atoms with Crippen LogP contribution in [0.4, 0.5) is 4.79 Å². The van der Waals surface area contributed by atoms with Crippen molar-refractivity contribution in [2.75, 3.05) is 19.8 Å². The van der Waals surface area contributed by atoms with Gasteiger partial charge in [-0.05, 0) is 39.4 Å². The van der Waals surface area contributed by atoms with Crippen LogP contribution in [0, 0.1) is 17.4 Å². The Hall–Kier alpha value is -1.42. The Morgan fingerprint density at radius 3 is 2.56 bits per heavy atom. The smallest absolute Gasteiger partial charge is 0.410 e. The van der Waals surface area contributed by atoms with Crippen molar-refractivity contribution < 1.29 is 9.53 Å². The van der Waals surface area contributed by atoms with Gasteiger partial charge >= 0.3 is 6.09 Å². The number of thioether (sulfide) groups is 1. The Bertz CT molecular complexity index is 490. The number of hydrogen-bond acceptors (Lipinski definition) is 5. The van der Waals surface area contributed by atoms with Gasteiger partial charge in [0.2, 0.25) is 6.19 Å². The Balaban J connectivity index is 2.73. The number of carbonyl (C=O) groups excluding carboxylic acids is 1. The van der Waals surface area contributed by atoms with Crippen LogP contribution in [0.5, 0.6) is 0 Å². The zero-order valence-electron chi connectivity index (χ0n) is 16.2. The quantitative estimate of drug-likeness (QED) is 0.451. The molecule has 1 saturated carbocycles. The minimum atomic E-state index is -0.510. The second-order valence-electron chi connectivity index (χ2n) is 7.66. The van der Waals surface area contributed by atoms with Crippen LogP contribution in [0.2, 0.25) is 0 Å². The minimum Gasteiger partial charge on any atom is -0.444 e. The van der Waals surface area contributed by atoms with Gasteiger partial charge in [0.1, 0.15) is 5.60 Å². The van der Waals surface area contributed by atoms with Gasteiger partial charge in [0.15, 0.2) is 5.17 Å². The first kappa shape index (κ1) is 21.6. The van der Waals surface area contributed by atoms with Crippen molar-refractivity contribution in [3.05, 3.63) is 0 Å². The van der Waals surface area contributed by atoms with E-state index in [1.165, 1.54) is 43.9 Å². The van der Waals surface area contributed by atoms with Crippen LogP contribution in [-0.2, 0) is 4.74 Å². The average Bonchev–Trinajstić information content (AvgIpc) is 2.53. The van der Waals surface area contributed by atoms with Crippen LogP contribution in [0.3, 0.4) is 0 Å². The van der Waals surface area contributed by atoms with Gasteiger partial charge in [0.05, 0.1) is 0 Å². The van der Waals surface area contributed by atoms with E-state index in [1.54, 1.807) is 11.9 Å². The molecule has 0 bridgehead atoms. The molecule has 1 N–H and O–H groups in total. The van der Waals surface area contributed by atoms with Gasteiger partial charge in [0.25, 0.3) is 0 Å². The monoisotopic (exact) mass is 368 g/mol. The Morgan fingerprint density at radius 1 is 1.40 bits per heavy atom. The molecule has 1 aliphatic rings. The summed E-state index contributed by atoms with van der Waals surface area (Å²) in [5.74, 6) is 0.656. The standard InChI is InChI=1S/C18H32N4O2S/c1-18(2,3)24-17(23)22(4)12-15(21-16(25-5)20-13-19)11-14-9-7-6-8-10-14/h14-15H,6-12H2,1-5H3,(H,20,21). The molecule has 1 rings (SSSR count). The predicted octanol–water partition coefficient (Wildman–Crippen LogP) is 3.98. The highest BCUT2D eigenvalue weighted by Crippen LogP contribution is 2.27. The number of amidine groups is 1. The summed E-state index contributed by atoms with van der Waals surface area (Å²) in [5, 5.41) is 12.8. The van der Waals surface area contributed by atoms with Gasteiger partial charge in [-0.3, -0.25) is 0 Å². The van der Waals surface area contributed by atoms with Crippen molar-refractivity contribution >= 4 is 23.0 Å². The molecule has 1 atom stereocenters. The second-order valence-corrected chi connectivity index (χ2v) is 8.46. The number of hydrogen-bond donors (Lipinski definition) is 1. The average molecular weight is 369 g/mol. The highest BCUT2D eigenvalue weighted by atomic mass is 32.2. The number of likely N-dealkylation sites (N-methyl/N-ethyl adjacent to an activating group) is 1. The van der Waals surface area contributed by atoms with Crippen molar-refractivity contribution in [1.29, 1.82) is 5.26 Å². The molecule has 1 fully saturated rings. The zero-order chi connectivity index (χ0) is 18.9. The number of nitrogens with one attached hydrogen (secondary N) is 1. The first-order valence-corrected chi connectivity index (χ1v) is 10.2. The first-order chi connectivity index (χ1) is 11.7. The van der Waals surface area contributed by atoms with E-state index in [2.05, 4.69) is 10.3 Å². The fourth-order valence-corrected chi connectivity index (χ4v) is 3.52. The molecule has 0 aromatic heterocycles. The van der Waals surface area contributed by atoms with E-state index >= 15 is 0 Å². The van der Waals surface area contributed by atoms with Gasteiger partial charge in [-0.15, -0.1) is 4.99 Å². The molecule has 25 heavy (non-hydrogen) atoms. The van der Waals surface area contributed by atoms with Crippen molar-refractivity contribution in [3.8, 4) is 6.19 Å². The summed E-state index contributed by atoms with van der Waals surface area (Å²) in [4.78, 5) is 17.7. The van der Waals surface area contributed by atoms with E-state index < -0.39 is 5.60 Å². The van der Waals surface area contributed by atoms with Crippen LogP contribution in [0.25, 0.3) is 0 Å². The molecule has 0 radical (unpaired) electrons. The van der Waals surface area contributed by atoms with Crippen LogP contribution in [0.1, 0.15) is 59.3 Å². The summed E-state index contributed by atoms with van der Waals surface area (Å²) in [6.07, 6.45) is 10.7. The molecule has 0 aliphatic heterocycles. The third-order valence-corrected chi connectivity index (χ3v) is 4.81. The molecule has 7 heteroatoms. The van der Waals surface area contributed by atoms with E-state index in [4.69, 9.17) is 10.00 Å². The predicted molar refractivity (Wildman–Crippen MR) is 104 cm³/mol. The van der Waals surface area contributed by atoms with Gasteiger partial charge in [-0.1, -0.05) is 43.9 Å². The summed E-state index contributed by atoms with van der Waals surface area (Å²) in [6, 6.07) is 0.0557. The highest BCUT2D eigenvalue weighted by molar-refractivity contribution is 8.13. The van der Waals surface area contributed by atoms with E-state index in [0.717, 1.165) is 6.42 Å². The molecule has 0 saturated heterocycles. The second kappa shape index (κ2) is 10.5. The SMILES string of the molecule is CS/C(=N/C#N)NC(CC1CCCCC1)CN(C)C(=O)OC(C)(C)C. The molecular formula is C18H32N4O2S. The third-order valence-electron chi connectivity index (χ3n) is 4.21. The van der Waals surface area contributed by atoms with Gasteiger partial charge < -0.3 is 15.0 Å². The molecular weight excluding hydrogens is 336 g/mol. The lowest BCUT2D eigenvalue weighted by molar-refractivity contribution is 0.0281. The molecule has 0 aromatic carbocycles. The van der Waals surface area contributed by atoms with Crippen molar-refractivity contribution in [3.63, 3.8) is 0 Å². The van der Waals surface area contributed by atoms with Crippen LogP contribution in [0.15, 0.2) is 4.99 Å². The summed E-state index contributed by atoms with van der Waals surface area (Å²) in [7, 11) is 1.75. The molecule has 1 unspecified atom stereocenters. The molecule has 1 aliphatic carbocycles. The van der Waals surface area contributed by atoms with Crippen LogP contribution >= 0.6 is 11.8 Å². The van der Waals surface area contributed by atoms with E-state index in [0.29, 0.717) is 17.6 Å². The Kier molecular flexibility index (Phi) is 9.12. The number of amides is 1. The van der Waals surface area contributed by atoms with Crippen molar-refractivity contribution in [2.24, 2.45) is 10.9 Å². The van der Waals surface area contributed by atoms with Crippen molar-refractivity contribution in [1.82, 2.24) is 10.2 Å². The minimum absolute atomic E-state index is 0.0557.